The van der Waals surface area contributed by atoms with Gasteiger partial charge in [0.25, 0.3) is 11.7 Å². The van der Waals surface area contributed by atoms with Crippen LogP contribution in [0.5, 0.6) is 0 Å². The van der Waals surface area contributed by atoms with E-state index in [0.29, 0.717) is 11.3 Å². The summed E-state index contributed by atoms with van der Waals surface area (Å²) < 4.78 is 10.00. The maximum atomic E-state index is 12.1. The molecule has 1 heterocycles. The van der Waals surface area contributed by atoms with Crippen LogP contribution in [-0.4, -0.2) is 29.2 Å². The van der Waals surface area contributed by atoms with Gasteiger partial charge in [-0.15, -0.1) is 0 Å². The number of rotatable bonds is 3. The van der Waals surface area contributed by atoms with Crippen LogP contribution in [-0.2, 0) is 19.1 Å². The van der Waals surface area contributed by atoms with Gasteiger partial charge in [-0.3, -0.25) is 4.79 Å². The number of hydrogen-bond donors (Lipinski definition) is 2. The van der Waals surface area contributed by atoms with E-state index in [0.717, 1.165) is 0 Å². The van der Waals surface area contributed by atoms with Gasteiger partial charge in [0.1, 0.15) is 0 Å². The first-order chi connectivity index (χ1) is 11.5. The predicted molar refractivity (Wildman–Crippen MR) is 91.6 cm³/mol. The van der Waals surface area contributed by atoms with Crippen LogP contribution < -0.4 is 10.6 Å². The normalized spacial score (nSPS) is 16.6. The third kappa shape index (κ3) is 5.07. The standard InChI is InChI=1S/C18H22N2O5/c1-17(2,3)20-14(21)11-6-8-12(9-7-11)19-10-13-15(22)24-18(4,5)25-16(13)23/h6-10,19H,1-5H3,(H,20,21). The average Bonchev–Trinajstić information content (AvgIpc) is 2.44. The van der Waals surface area contributed by atoms with E-state index in [-0.39, 0.29) is 17.0 Å². The molecule has 25 heavy (non-hydrogen) atoms. The second-order valence-electron chi connectivity index (χ2n) is 7.16. The summed E-state index contributed by atoms with van der Waals surface area (Å²) in [4.78, 5) is 35.7. The lowest BCUT2D eigenvalue weighted by Crippen LogP contribution is -2.42. The summed E-state index contributed by atoms with van der Waals surface area (Å²) >= 11 is 0. The molecule has 0 saturated carbocycles. The van der Waals surface area contributed by atoms with E-state index >= 15 is 0 Å². The number of esters is 2. The summed E-state index contributed by atoms with van der Waals surface area (Å²) in [5.74, 6) is -2.96. The molecule has 2 N–H and O–H groups in total. The number of nitrogens with one attached hydrogen (secondary N) is 2. The molecule has 0 aromatic heterocycles. The lowest BCUT2D eigenvalue weighted by atomic mass is 10.1. The summed E-state index contributed by atoms with van der Waals surface area (Å²) in [7, 11) is 0. The Labute approximate surface area is 146 Å². The number of cyclic esters (lactones) is 2. The third-order valence-electron chi connectivity index (χ3n) is 3.14. The highest BCUT2D eigenvalue weighted by molar-refractivity contribution is 6.15. The Morgan fingerprint density at radius 1 is 1.04 bits per heavy atom. The summed E-state index contributed by atoms with van der Waals surface area (Å²) in [5.41, 5.74) is 0.555. The largest absolute Gasteiger partial charge is 0.419 e. The van der Waals surface area contributed by atoms with Crippen LogP contribution >= 0.6 is 0 Å². The number of hydrogen-bond acceptors (Lipinski definition) is 6. The van der Waals surface area contributed by atoms with Crippen LogP contribution in [0.1, 0.15) is 45.0 Å². The maximum Gasteiger partial charge on any atom is 0.350 e. The van der Waals surface area contributed by atoms with Crippen molar-refractivity contribution in [2.24, 2.45) is 0 Å². The van der Waals surface area contributed by atoms with Crippen molar-refractivity contribution in [2.75, 3.05) is 5.32 Å². The van der Waals surface area contributed by atoms with E-state index in [9.17, 15) is 14.4 Å². The minimum absolute atomic E-state index is 0.181. The second-order valence-corrected chi connectivity index (χ2v) is 7.16. The summed E-state index contributed by atoms with van der Waals surface area (Å²) in [5, 5.41) is 5.69. The first-order valence-electron chi connectivity index (χ1n) is 7.83. The number of anilines is 1. The van der Waals surface area contributed by atoms with Gasteiger partial charge in [0, 0.05) is 36.8 Å². The Kier molecular flexibility index (Phi) is 4.87. The van der Waals surface area contributed by atoms with Gasteiger partial charge >= 0.3 is 11.9 Å². The fourth-order valence-corrected chi connectivity index (χ4v) is 2.06. The van der Waals surface area contributed by atoms with Crippen LogP contribution in [0.15, 0.2) is 36.0 Å². The van der Waals surface area contributed by atoms with Crippen LogP contribution in [0.3, 0.4) is 0 Å². The van der Waals surface area contributed by atoms with Crippen molar-refractivity contribution in [2.45, 2.75) is 45.9 Å². The first-order valence-corrected chi connectivity index (χ1v) is 7.83. The number of amides is 1. The van der Waals surface area contributed by atoms with Gasteiger partial charge < -0.3 is 20.1 Å². The first kappa shape index (κ1) is 18.5. The molecule has 0 radical (unpaired) electrons. The number of carbonyl (C=O) groups is 3. The van der Waals surface area contributed by atoms with Crippen LogP contribution in [0.2, 0.25) is 0 Å². The van der Waals surface area contributed by atoms with Gasteiger partial charge in [-0.2, -0.15) is 0 Å². The Morgan fingerprint density at radius 3 is 2.04 bits per heavy atom. The molecule has 7 heteroatoms. The number of carbonyl (C=O) groups excluding carboxylic acids is 3. The molecule has 0 unspecified atom stereocenters. The molecule has 1 aromatic rings. The van der Waals surface area contributed by atoms with Crippen molar-refractivity contribution in [3.8, 4) is 0 Å². The fourth-order valence-electron chi connectivity index (χ4n) is 2.06. The fraction of sp³-hybridized carbons (Fsp3) is 0.389. The molecule has 0 spiro atoms. The highest BCUT2D eigenvalue weighted by Gasteiger charge is 2.38. The summed E-state index contributed by atoms with van der Waals surface area (Å²) in [6, 6.07) is 6.61. The predicted octanol–water partition coefficient (Wildman–Crippen LogP) is 2.35. The molecule has 0 bridgehead atoms. The molecular formula is C18H22N2O5. The molecule has 2 rings (SSSR count). The minimum Gasteiger partial charge on any atom is -0.419 e. The zero-order valence-electron chi connectivity index (χ0n) is 14.9. The lowest BCUT2D eigenvalue weighted by Gasteiger charge is -2.29. The summed E-state index contributed by atoms with van der Waals surface area (Å²) in [6.45, 7) is 8.66. The number of benzene rings is 1. The molecule has 0 atom stereocenters. The maximum absolute atomic E-state index is 12.1. The molecule has 1 saturated heterocycles. The van der Waals surface area contributed by atoms with Crippen LogP contribution in [0.25, 0.3) is 0 Å². The van der Waals surface area contributed by atoms with Gasteiger partial charge in [0.15, 0.2) is 5.57 Å². The minimum atomic E-state index is -1.27. The van der Waals surface area contributed by atoms with Crippen molar-refractivity contribution in [1.82, 2.24) is 5.32 Å². The van der Waals surface area contributed by atoms with Crippen molar-refractivity contribution in [3.05, 3.63) is 41.6 Å². The molecule has 1 fully saturated rings. The van der Waals surface area contributed by atoms with Crippen LogP contribution in [0, 0.1) is 0 Å². The van der Waals surface area contributed by atoms with Gasteiger partial charge in [-0.25, -0.2) is 9.59 Å². The third-order valence-corrected chi connectivity index (χ3v) is 3.14. The smallest absolute Gasteiger partial charge is 0.350 e. The average molecular weight is 346 g/mol. The van der Waals surface area contributed by atoms with Crippen molar-refractivity contribution < 1.29 is 23.9 Å². The Balaban J connectivity index is 2.06. The van der Waals surface area contributed by atoms with Crippen molar-refractivity contribution in [3.63, 3.8) is 0 Å². The highest BCUT2D eigenvalue weighted by Crippen LogP contribution is 2.22. The van der Waals surface area contributed by atoms with Gasteiger partial charge in [0.2, 0.25) is 0 Å². The van der Waals surface area contributed by atoms with Gasteiger partial charge in [-0.1, -0.05) is 0 Å². The molecule has 1 aliphatic heterocycles. The number of ether oxygens (including phenoxy) is 2. The topological polar surface area (TPSA) is 93.7 Å². The molecule has 7 nitrogen and oxygen atoms in total. The van der Waals surface area contributed by atoms with Crippen LogP contribution in [0.4, 0.5) is 5.69 Å². The Bertz CT molecular complexity index is 705. The van der Waals surface area contributed by atoms with E-state index in [1.165, 1.54) is 20.0 Å². The summed E-state index contributed by atoms with van der Waals surface area (Å²) in [6.07, 6.45) is 1.23. The van der Waals surface area contributed by atoms with Crippen molar-refractivity contribution in [1.29, 1.82) is 0 Å². The zero-order chi connectivity index (χ0) is 18.8. The van der Waals surface area contributed by atoms with E-state index in [4.69, 9.17) is 9.47 Å². The van der Waals surface area contributed by atoms with Gasteiger partial charge in [-0.05, 0) is 45.0 Å². The Hall–Kier alpha value is -2.83. The quantitative estimate of drug-likeness (QED) is 0.496. The molecule has 134 valence electrons. The molecule has 1 aliphatic rings. The van der Waals surface area contributed by atoms with E-state index in [1.807, 2.05) is 20.8 Å². The SMILES string of the molecule is CC(C)(C)NC(=O)c1ccc(NC=C2C(=O)OC(C)(C)OC2=O)cc1. The molecule has 0 aliphatic carbocycles. The zero-order valence-corrected chi connectivity index (χ0v) is 14.9. The van der Waals surface area contributed by atoms with E-state index < -0.39 is 17.7 Å². The molecular weight excluding hydrogens is 324 g/mol. The Morgan fingerprint density at radius 2 is 1.56 bits per heavy atom. The highest BCUT2D eigenvalue weighted by atomic mass is 16.7. The monoisotopic (exact) mass is 346 g/mol. The van der Waals surface area contributed by atoms with Gasteiger partial charge in [0.05, 0.1) is 0 Å². The van der Waals surface area contributed by atoms with Crippen molar-refractivity contribution >= 4 is 23.5 Å². The van der Waals surface area contributed by atoms with E-state index in [2.05, 4.69) is 10.6 Å². The second kappa shape index (κ2) is 6.58. The van der Waals surface area contributed by atoms with E-state index in [1.54, 1.807) is 24.3 Å². The lowest BCUT2D eigenvalue weighted by molar-refractivity contribution is -0.222. The molecule has 1 aromatic carbocycles. The molecule has 1 amide bonds.